The quantitative estimate of drug-likeness (QED) is 0.844. The molecule has 0 amide bonds. The second-order valence-corrected chi connectivity index (χ2v) is 5.71. The standard InChI is InChI=1S/C15H22N2/c16-15-13-7-4-8-14(15)11-17(10-13)9-12-5-2-1-3-6-12/h1-3,5-6,13-15H,4,7-11,16H2/t13-,14+,15?. The molecule has 2 nitrogen and oxygen atoms in total. The maximum atomic E-state index is 6.31. The maximum Gasteiger partial charge on any atom is 0.0233 e. The Hall–Kier alpha value is -0.860. The Morgan fingerprint density at radius 2 is 1.71 bits per heavy atom. The highest BCUT2D eigenvalue weighted by Gasteiger charge is 2.36. The van der Waals surface area contributed by atoms with Crippen molar-refractivity contribution in [2.45, 2.75) is 31.8 Å². The van der Waals surface area contributed by atoms with Gasteiger partial charge in [0.2, 0.25) is 0 Å². The molecular formula is C15H22N2. The maximum absolute atomic E-state index is 6.31. The summed E-state index contributed by atoms with van der Waals surface area (Å²) in [6, 6.07) is 11.3. The zero-order valence-corrected chi connectivity index (χ0v) is 10.4. The van der Waals surface area contributed by atoms with Gasteiger partial charge in [-0.25, -0.2) is 0 Å². The number of fused-ring (bicyclic) bond motifs is 2. The number of nitrogens with two attached hydrogens (primary N) is 1. The molecule has 92 valence electrons. The number of rotatable bonds is 2. The molecule has 1 heterocycles. The van der Waals surface area contributed by atoms with Gasteiger partial charge in [0.15, 0.2) is 0 Å². The Morgan fingerprint density at radius 3 is 2.35 bits per heavy atom. The molecule has 2 fully saturated rings. The van der Waals surface area contributed by atoms with Crippen LogP contribution >= 0.6 is 0 Å². The Morgan fingerprint density at radius 1 is 1.06 bits per heavy atom. The summed E-state index contributed by atoms with van der Waals surface area (Å²) in [6.45, 7) is 3.50. The van der Waals surface area contributed by atoms with E-state index in [0.717, 1.165) is 18.4 Å². The fraction of sp³-hybridized carbons (Fsp3) is 0.600. The van der Waals surface area contributed by atoms with Gasteiger partial charge in [-0.3, -0.25) is 4.90 Å². The van der Waals surface area contributed by atoms with Crippen LogP contribution in [0.3, 0.4) is 0 Å². The summed E-state index contributed by atoms with van der Waals surface area (Å²) in [5.41, 5.74) is 7.74. The van der Waals surface area contributed by atoms with Crippen LogP contribution in [-0.4, -0.2) is 24.0 Å². The van der Waals surface area contributed by atoms with Crippen LogP contribution < -0.4 is 5.73 Å². The van der Waals surface area contributed by atoms with Crippen LogP contribution in [0, 0.1) is 11.8 Å². The molecule has 3 rings (SSSR count). The van der Waals surface area contributed by atoms with Crippen molar-refractivity contribution >= 4 is 0 Å². The fourth-order valence-electron chi connectivity index (χ4n) is 3.55. The molecule has 2 bridgehead atoms. The number of benzene rings is 1. The highest BCUT2D eigenvalue weighted by molar-refractivity contribution is 5.14. The van der Waals surface area contributed by atoms with Crippen LogP contribution in [0.4, 0.5) is 0 Å². The van der Waals surface area contributed by atoms with Gasteiger partial charge >= 0.3 is 0 Å². The number of hydrogen-bond donors (Lipinski definition) is 1. The van der Waals surface area contributed by atoms with Crippen molar-refractivity contribution in [2.75, 3.05) is 13.1 Å². The summed E-state index contributed by atoms with van der Waals surface area (Å²) in [5, 5.41) is 0. The third kappa shape index (κ3) is 2.38. The zero-order chi connectivity index (χ0) is 11.7. The molecule has 1 saturated carbocycles. The molecule has 17 heavy (non-hydrogen) atoms. The third-order valence-electron chi connectivity index (χ3n) is 4.47. The predicted octanol–water partition coefficient (Wildman–Crippen LogP) is 2.25. The summed E-state index contributed by atoms with van der Waals surface area (Å²) < 4.78 is 0. The third-order valence-corrected chi connectivity index (χ3v) is 4.47. The van der Waals surface area contributed by atoms with Crippen molar-refractivity contribution in [3.63, 3.8) is 0 Å². The van der Waals surface area contributed by atoms with E-state index in [0.29, 0.717) is 6.04 Å². The molecule has 0 spiro atoms. The summed E-state index contributed by atoms with van der Waals surface area (Å²) in [5.74, 6) is 1.48. The van der Waals surface area contributed by atoms with E-state index in [2.05, 4.69) is 35.2 Å². The number of piperidine rings is 1. The van der Waals surface area contributed by atoms with Crippen molar-refractivity contribution < 1.29 is 0 Å². The van der Waals surface area contributed by atoms with Crippen molar-refractivity contribution in [3.8, 4) is 0 Å². The van der Waals surface area contributed by atoms with E-state index in [1.54, 1.807) is 0 Å². The summed E-state index contributed by atoms with van der Waals surface area (Å²) in [6.07, 6.45) is 4.06. The summed E-state index contributed by atoms with van der Waals surface area (Å²) >= 11 is 0. The molecule has 3 atom stereocenters. The monoisotopic (exact) mass is 230 g/mol. The molecule has 0 radical (unpaired) electrons. The Labute approximate surface area is 104 Å². The summed E-state index contributed by atoms with van der Waals surface area (Å²) in [7, 11) is 0. The van der Waals surface area contributed by atoms with E-state index in [1.165, 1.54) is 37.9 Å². The molecule has 1 aliphatic carbocycles. The molecule has 1 aromatic rings. The predicted molar refractivity (Wildman–Crippen MR) is 70.5 cm³/mol. The van der Waals surface area contributed by atoms with E-state index in [4.69, 9.17) is 5.73 Å². The van der Waals surface area contributed by atoms with Crippen LogP contribution in [-0.2, 0) is 6.54 Å². The smallest absolute Gasteiger partial charge is 0.0233 e. The molecule has 2 heteroatoms. The van der Waals surface area contributed by atoms with Gasteiger partial charge in [-0.1, -0.05) is 36.8 Å². The van der Waals surface area contributed by atoms with Gasteiger partial charge in [-0.15, -0.1) is 0 Å². The molecule has 1 aromatic carbocycles. The van der Waals surface area contributed by atoms with Crippen LogP contribution in [0.15, 0.2) is 30.3 Å². The van der Waals surface area contributed by atoms with Crippen LogP contribution in [0.25, 0.3) is 0 Å². The van der Waals surface area contributed by atoms with Gasteiger partial charge in [0.1, 0.15) is 0 Å². The average molecular weight is 230 g/mol. The van der Waals surface area contributed by atoms with E-state index in [-0.39, 0.29) is 0 Å². The van der Waals surface area contributed by atoms with Crippen molar-refractivity contribution in [2.24, 2.45) is 17.6 Å². The van der Waals surface area contributed by atoms with Crippen molar-refractivity contribution in [3.05, 3.63) is 35.9 Å². The fourth-order valence-corrected chi connectivity index (χ4v) is 3.55. The molecular weight excluding hydrogens is 208 g/mol. The SMILES string of the molecule is NC1[C@@H]2CCC[C@H]1CN(Cc1ccccc1)C2. The Bertz CT molecular complexity index is 348. The van der Waals surface area contributed by atoms with Gasteiger partial charge < -0.3 is 5.73 Å². The molecule has 1 aliphatic heterocycles. The lowest BCUT2D eigenvalue weighted by molar-refractivity contribution is 0.0589. The van der Waals surface area contributed by atoms with Crippen molar-refractivity contribution in [1.82, 2.24) is 4.90 Å². The second-order valence-electron chi connectivity index (χ2n) is 5.71. The first-order valence-corrected chi connectivity index (χ1v) is 6.85. The van der Waals surface area contributed by atoms with Crippen LogP contribution in [0.5, 0.6) is 0 Å². The topological polar surface area (TPSA) is 29.3 Å². The number of likely N-dealkylation sites (tertiary alicyclic amines) is 1. The second kappa shape index (κ2) is 4.79. The van der Waals surface area contributed by atoms with Gasteiger partial charge in [-0.05, 0) is 30.2 Å². The minimum atomic E-state index is 0.468. The van der Waals surface area contributed by atoms with Crippen LogP contribution in [0.1, 0.15) is 24.8 Å². The minimum absolute atomic E-state index is 0.468. The lowest BCUT2D eigenvalue weighted by Crippen LogP contribution is -2.54. The van der Waals surface area contributed by atoms with E-state index >= 15 is 0 Å². The van der Waals surface area contributed by atoms with E-state index < -0.39 is 0 Å². The first kappa shape index (κ1) is 11.2. The van der Waals surface area contributed by atoms with Crippen molar-refractivity contribution in [1.29, 1.82) is 0 Å². The number of nitrogens with zero attached hydrogens (tertiary/aromatic N) is 1. The van der Waals surface area contributed by atoms with Gasteiger partial charge in [-0.2, -0.15) is 0 Å². The average Bonchev–Trinajstić information content (AvgIpc) is 2.32. The Balaban J connectivity index is 1.66. The zero-order valence-electron chi connectivity index (χ0n) is 10.4. The molecule has 0 aromatic heterocycles. The molecule has 1 saturated heterocycles. The number of hydrogen-bond acceptors (Lipinski definition) is 2. The van der Waals surface area contributed by atoms with Crippen LogP contribution in [0.2, 0.25) is 0 Å². The van der Waals surface area contributed by atoms with Gasteiger partial charge in [0.05, 0.1) is 0 Å². The largest absolute Gasteiger partial charge is 0.327 e. The Kier molecular flexibility index (Phi) is 3.17. The lowest BCUT2D eigenvalue weighted by atomic mass is 9.74. The highest BCUT2D eigenvalue weighted by Crippen LogP contribution is 2.34. The normalized spacial score (nSPS) is 33.6. The molecule has 2 aliphatic rings. The molecule has 1 unspecified atom stereocenters. The van der Waals surface area contributed by atoms with Gasteiger partial charge in [0, 0.05) is 25.7 Å². The highest BCUT2D eigenvalue weighted by atomic mass is 15.1. The first-order chi connectivity index (χ1) is 8.33. The summed E-state index contributed by atoms with van der Waals surface area (Å²) in [4.78, 5) is 2.60. The van der Waals surface area contributed by atoms with Gasteiger partial charge in [0.25, 0.3) is 0 Å². The van der Waals surface area contributed by atoms with E-state index in [9.17, 15) is 0 Å². The lowest BCUT2D eigenvalue weighted by Gasteiger charge is -2.46. The molecule has 2 N–H and O–H groups in total. The van der Waals surface area contributed by atoms with E-state index in [1.807, 2.05) is 0 Å². The minimum Gasteiger partial charge on any atom is -0.327 e. The first-order valence-electron chi connectivity index (χ1n) is 6.85.